The van der Waals surface area contributed by atoms with Crippen molar-refractivity contribution in [2.45, 2.75) is 38.7 Å². The highest BCUT2D eigenvalue weighted by atomic mass is 16.5. The predicted molar refractivity (Wildman–Crippen MR) is 137 cm³/mol. The van der Waals surface area contributed by atoms with Gasteiger partial charge in [0.1, 0.15) is 5.75 Å². The lowest BCUT2D eigenvalue weighted by Crippen LogP contribution is -2.41. The summed E-state index contributed by atoms with van der Waals surface area (Å²) in [5.74, 6) is 4.34. The third kappa shape index (κ3) is 6.53. The molecule has 3 aliphatic rings. The maximum atomic E-state index is 12.4. The number of hydrogen-bond acceptors (Lipinski definition) is 7. The molecule has 2 saturated heterocycles. The first-order valence-electron chi connectivity index (χ1n) is 13.3. The third-order valence-corrected chi connectivity index (χ3v) is 7.81. The molecule has 8 nitrogen and oxygen atoms in total. The Labute approximate surface area is 214 Å². The van der Waals surface area contributed by atoms with Gasteiger partial charge in [0, 0.05) is 51.2 Å². The van der Waals surface area contributed by atoms with E-state index in [0.29, 0.717) is 39.3 Å². The van der Waals surface area contributed by atoms with Gasteiger partial charge in [-0.05, 0) is 61.1 Å². The molecule has 1 amide bonds. The number of amides is 1. The van der Waals surface area contributed by atoms with Crippen molar-refractivity contribution in [3.63, 3.8) is 0 Å². The van der Waals surface area contributed by atoms with Crippen LogP contribution in [0.1, 0.15) is 36.8 Å². The van der Waals surface area contributed by atoms with Gasteiger partial charge in [0.15, 0.2) is 0 Å². The smallest absolute Gasteiger partial charge is 0.227 e. The highest BCUT2D eigenvalue weighted by Crippen LogP contribution is 2.49. The summed E-state index contributed by atoms with van der Waals surface area (Å²) in [7, 11) is 1.69. The van der Waals surface area contributed by atoms with Crippen molar-refractivity contribution in [2.24, 2.45) is 17.8 Å². The molecular weight excluding hydrogens is 456 g/mol. The molecule has 0 N–H and O–H groups in total. The molecule has 0 unspecified atom stereocenters. The quantitative estimate of drug-likeness (QED) is 0.501. The molecule has 1 aromatic heterocycles. The number of piperidine rings is 1. The molecule has 1 aliphatic carbocycles. The second kappa shape index (κ2) is 12.0. The van der Waals surface area contributed by atoms with E-state index in [9.17, 15) is 4.79 Å². The molecule has 2 atom stereocenters. The average Bonchev–Trinajstić information content (AvgIpc) is 3.70. The van der Waals surface area contributed by atoms with Crippen molar-refractivity contribution in [1.82, 2.24) is 14.9 Å². The number of aromatic nitrogens is 2. The molecule has 194 valence electrons. The fourth-order valence-electron chi connectivity index (χ4n) is 5.59. The molecule has 2 aromatic rings. The Morgan fingerprint density at radius 3 is 2.44 bits per heavy atom. The predicted octanol–water partition coefficient (Wildman–Crippen LogP) is 3.35. The molecule has 1 saturated carbocycles. The summed E-state index contributed by atoms with van der Waals surface area (Å²) >= 11 is 0. The fraction of sp³-hybridized carbons (Fsp3) is 0.607. The first-order chi connectivity index (χ1) is 17.7. The van der Waals surface area contributed by atoms with Crippen LogP contribution < -0.4 is 9.64 Å². The van der Waals surface area contributed by atoms with Crippen LogP contribution in [-0.2, 0) is 27.3 Å². The number of morpholine rings is 1. The van der Waals surface area contributed by atoms with Crippen LogP contribution in [0.3, 0.4) is 0 Å². The van der Waals surface area contributed by atoms with Crippen molar-refractivity contribution in [3.05, 3.63) is 47.8 Å². The van der Waals surface area contributed by atoms with Gasteiger partial charge in [0.05, 0.1) is 32.8 Å². The van der Waals surface area contributed by atoms with E-state index < -0.39 is 0 Å². The number of carbonyl (C=O) groups excluding carboxylic acids is 1. The Kier molecular flexibility index (Phi) is 8.33. The Morgan fingerprint density at radius 2 is 1.75 bits per heavy atom. The lowest BCUT2D eigenvalue weighted by Gasteiger charge is -2.32. The number of hydrogen-bond donors (Lipinski definition) is 0. The molecule has 1 aromatic carbocycles. The highest BCUT2D eigenvalue weighted by molar-refractivity contribution is 5.78. The number of ether oxygens (including phenoxy) is 3. The van der Waals surface area contributed by atoms with Crippen molar-refractivity contribution in [2.75, 3.05) is 58.0 Å². The molecule has 36 heavy (non-hydrogen) atoms. The van der Waals surface area contributed by atoms with Crippen molar-refractivity contribution < 1.29 is 19.0 Å². The van der Waals surface area contributed by atoms with Gasteiger partial charge in [-0.2, -0.15) is 0 Å². The molecule has 8 heteroatoms. The van der Waals surface area contributed by atoms with Crippen LogP contribution in [0.15, 0.2) is 36.7 Å². The fourth-order valence-corrected chi connectivity index (χ4v) is 5.59. The summed E-state index contributed by atoms with van der Waals surface area (Å²) in [5.41, 5.74) is 2.04. The van der Waals surface area contributed by atoms with E-state index in [-0.39, 0.29) is 5.91 Å². The van der Waals surface area contributed by atoms with E-state index in [1.165, 1.54) is 19.3 Å². The van der Waals surface area contributed by atoms with Crippen LogP contribution >= 0.6 is 0 Å². The first kappa shape index (κ1) is 25.0. The minimum absolute atomic E-state index is 0.171. The summed E-state index contributed by atoms with van der Waals surface area (Å²) < 4.78 is 16.5. The zero-order valence-corrected chi connectivity index (χ0v) is 21.3. The Bertz CT molecular complexity index is 970. The van der Waals surface area contributed by atoms with Gasteiger partial charge in [-0.25, -0.2) is 9.97 Å². The van der Waals surface area contributed by atoms with Crippen LogP contribution in [0.2, 0.25) is 0 Å². The van der Waals surface area contributed by atoms with E-state index >= 15 is 0 Å². The summed E-state index contributed by atoms with van der Waals surface area (Å²) in [6.07, 6.45) is 9.06. The van der Waals surface area contributed by atoms with Crippen LogP contribution in [0.5, 0.6) is 5.75 Å². The van der Waals surface area contributed by atoms with Crippen LogP contribution in [0.25, 0.3) is 0 Å². The van der Waals surface area contributed by atoms with Crippen molar-refractivity contribution in [1.29, 1.82) is 0 Å². The van der Waals surface area contributed by atoms with E-state index in [1.54, 1.807) is 7.11 Å². The number of nitrogens with zero attached hydrogens (tertiary/aromatic N) is 4. The molecule has 0 spiro atoms. The number of anilines is 1. The third-order valence-electron chi connectivity index (χ3n) is 7.81. The van der Waals surface area contributed by atoms with E-state index in [0.717, 1.165) is 66.7 Å². The van der Waals surface area contributed by atoms with Crippen LogP contribution in [0, 0.1) is 17.8 Å². The van der Waals surface area contributed by atoms with Gasteiger partial charge in [0.25, 0.3) is 0 Å². The highest BCUT2D eigenvalue weighted by Gasteiger charge is 2.43. The van der Waals surface area contributed by atoms with E-state index in [2.05, 4.69) is 14.9 Å². The first-order valence-corrected chi connectivity index (χ1v) is 13.3. The average molecular weight is 495 g/mol. The Balaban J connectivity index is 0.984. The zero-order chi connectivity index (χ0) is 24.7. The lowest BCUT2D eigenvalue weighted by molar-refractivity contribution is -0.134. The molecule has 0 radical (unpaired) electrons. The normalized spacial score (nSPS) is 22.5. The second-order valence-electron chi connectivity index (χ2n) is 10.3. The van der Waals surface area contributed by atoms with E-state index in [4.69, 9.17) is 14.2 Å². The van der Waals surface area contributed by atoms with Gasteiger partial charge in [-0.1, -0.05) is 12.1 Å². The lowest BCUT2D eigenvalue weighted by atomic mass is 9.90. The summed E-state index contributed by atoms with van der Waals surface area (Å²) in [6.45, 7) is 6.04. The standard InChI is InChI=1S/C28H38N4O4/c1-34-20-22-18-29-28(30-19-22)32-9-6-23(7-10-32)26-17-24(26)8-13-36-25-4-2-21(3-5-25)16-27(33)31-11-14-35-15-12-31/h2-5,18-19,23-24,26H,6-17,20H2,1H3/t24-,26-/m1/s1. The van der Waals surface area contributed by atoms with Crippen molar-refractivity contribution in [3.8, 4) is 5.75 Å². The van der Waals surface area contributed by atoms with Gasteiger partial charge in [-0.15, -0.1) is 0 Å². The topological polar surface area (TPSA) is 77.0 Å². The number of benzene rings is 1. The SMILES string of the molecule is COCc1cnc(N2CCC([C@H]3C[C@H]3CCOc3ccc(CC(=O)N4CCOCC4)cc3)CC2)nc1. The number of rotatable bonds is 10. The van der Waals surface area contributed by atoms with Gasteiger partial charge < -0.3 is 24.0 Å². The number of carbonyl (C=O) groups is 1. The van der Waals surface area contributed by atoms with Crippen LogP contribution in [-0.4, -0.2) is 73.9 Å². The maximum Gasteiger partial charge on any atom is 0.227 e. The van der Waals surface area contributed by atoms with Gasteiger partial charge in [0.2, 0.25) is 11.9 Å². The Hall–Kier alpha value is -2.71. The Morgan fingerprint density at radius 1 is 1.03 bits per heavy atom. The van der Waals surface area contributed by atoms with Gasteiger partial charge in [-0.3, -0.25) is 4.79 Å². The maximum absolute atomic E-state index is 12.4. The molecule has 2 aliphatic heterocycles. The minimum atomic E-state index is 0.171. The minimum Gasteiger partial charge on any atom is -0.494 e. The molecular formula is C28H38N4O4. The molecule has 3 heterocycles. The van der Waals surface area contributed by atoms with Crippen LogP contribution in [0.4, 0.5) is 5.95 Å². The molecule has 3 fully saturated rings. The summed E-state index contributed by atoms with van der Waals surface area (Å²) in [4.78, 5) is 25.7. The number of methoxy groups -OCH3 is 1. The van der Waals surface area contributed by atoms with Crippen molar-refractivity contribution >= 4 is 11.9 Å². The van der Waals surface area contributed by atoms with Gasteiger partial charge >= 0.3 is 0 Å². The molecule has 5 rings (SSSR count). The summed E-state index contributed by atoms with van der Waals surface area (Å²) in [6, 6.07) is 8.00. The monoisotopic (exact) mass is 494 g/mol. The summed E-state index contributed by atoms with van der Waals surface area (Å²) in [5, 5.41) is 0. The second-order valence-corrected chi connectivity index (χ2v) is 10.3. The molecule has 0 bridgehead atoms. The zero-order valence-electron chi connectivity index (χ0n) is 21.3. The van der Waals surface area contributed by atoms with E-state index in [1.807, 2.05) is 41.6 Å². The largest absolute Gasteiger partial charge is 0.494 e.